The molecule has 0 atom stereocenters. The predicted octanol–water partition coefficient (Wildman–Crippen LogP) is 1.29. The van der Waals surface area contributed by atoms with Gasteiger partial charge in [0.1, 0.15) is 5.52 Å². The third-order valence-corrected chi connectivity index (χ3v) is 1.86. The summed E-state index contributed by atoms with van der Waals surface area (Å²) in [4.78, 5) is 3.89. The molecule has 1 aromatic heterocycles. The topological polar surface area (TPSA) is 43.8 Å². The van der Waals surface area contributed by atoms with Crippen molar-refractivity contribution in [1.29, 1.82) is 0 Å². The predicted molar refractivity (Wildman–Crippen MR) is 45.1 cm³/mol. The standard InChI is InChI=1S/C8H8FN3/c1-12-4-11-8-6(12)3-2-5(10)7(8)9/h2-4H,10H2,1H3. The van der Waals surface area contributed by atoms with Gasteiger partial charge in [-0.15, -0.1) is 0 Å². The van der Waals surface area contributed by atoms with E-state index in [1.165, 1.54) is 0 Å². The van der Waals surface area contributed by atoms with Crippen LogP contribution in [0.15, 0.2) is 18.5 Å². The van der Waals surface area contributed by atoms with Crippen molar-refractivity contribution in [3.8, 4) is 0 Å². The zero-order valence-corrected chi connectivity index (χ0v) is 6.58. The summed E-state index contributed by atoms with van der Waals surface area (Å²) in [7, 11) is 1.81. The Labute approximate surface area is 68.6 Å². The van der Waals surface area contributed by atoms with Crippen molar-refractivity contribution in [3.05, 3.63) is 24.3 Å². The van der Waals surface area contributed by atoms with Crippen molar-refractivity contribution in [2.75, 3.05) is 5.73 Å². The summed E-state index contributed by atoms with van der Waals surface area (Å²) in [6, 6.07) is 3.29. The van der Waals surface area contributed by atoms with E-state index in [9.17, 15) is 4.39 Å². The Morgan fingerprint density at radius 1 is 1.50 bits per heavy atom. The van der Waals surface area contributed by atoms with Gasteiger partial charge in [0.25, 0.3) is 0 Å². The number of nitrogen functional groups attached to an aromatic ring is 1. The first-order chi connectivity index (χ1) is 5.70. The van der Waals surface area contributed by atoms with E-state index >= 15 is 0 Å². The molecule has 1 heterocycles. The summed E-state index contributed by atoms with van der Waals surface area (Å²) in [6.45, 7) is 0. The van der Waals surface area contributed by atoms with Crippen molar-refractivity contribution >= 4 is 16.7 Å². The highest BCUT2D eigenvalue weighted by atomic mass is 19.1. The van der Waals surface area contributed by atoms with Crippen LogP contribution in [-0.2, 0) is 7.05 Å². The number of anilines is 1. The second kappa shape index (κ2) is 2.20. The van der Waals surface area contributed by atoms with Crippen LogP contribution in [0.25, 0.3) is 11.0 Å². The average molecular weight is 165 g/mol. The number of hydrogen-bond acceptors (Lipinski definition) is 2. The Morgan fingerprint density at radius 3 is 3.00 bits per heavy atom. The van der Waals surface area contributed by atoms with Gasteiger partial charge in [0.15, 0.2) is 5.82 Å². The van der Waals surface area contributed by atoms with Crippen LogP contribution in [-0.4, -0.2) is 9.55 Å². The van der Waals surface area contributed by atoms with E-state index in [0.717, 1.165) is 5.52 Å². The number of nitrogens with zero attached hydrogens (tertiary/aromatic N) is 2. The molecule has 0 bridgehead atoms. The molecule has 0 fully saturated rings. The molecule has 0 saturated heterocycles. The molecule has 0 aliphatic carbocycles. The van der Waals surface area contributed by atoms with Gasteiger partial charge in [-0.05, 0) is 12.1 Å². The average Bonchev–Trinajstić information content (AvgIpc) is 2.41. The minimum Gasteiger partial charge on any atom is -0.396 e. The zero-order valence-electron chi connectivity index (χ0n) is 6.58. The molecule has 12 heavy (non-hydrogen) atoms. The molecule has 2 aromatic rings. The Bertz CT molecular complexity index is 433. The Hall–Kier alpha value is -1.58. The van der Waals surface area contributed by atoms with Crippen LogP contribution in [0.5, 0.6) is 0 Å². The first kappa shape index (κ1) is 7.09. The molecule has 0 aliphatic heterocycles. The van der Waals surface area contributed by atoms with Crippen LogP contribution < -0.4 is 5.73 Å². The molecule has 0 aliphatic rings. The molecule has 0 radical (unpaired) electrons. The number of fused-ring (bicyclic) bond motifs is 1. The van der Waals surface area contributed by atoms with Gasteiger partial charge in [0.05, 0.1) is 17.5 Å². The molecule has 2 N–H and O–H groups in total. The fourth-order valence-corrected chi connectivity index (χ4v) is 1.18. The Kier molecular flexibility index (Phi) is 1.30. The molecule has 2 rings (SSSR count). The highest BCUT2D eigenvalue weighted by molar-refractivity contribution is 5.79. The number of imidazole rings is 1. The van der Waals surface area contributed by atoms with Crippen LogP contribution in [0.4, 0.5) is 10.1 Å². The maximum absolute atomic E-state index is 13.2. The highest BCUT2D eigenvalue weighted by Crippen LogP contribution is 2.20. The quantitative estimate of drug-likeness (QED) is 0.598. The summed E-state index contributed by atoms with van der Waals surface area (Å²) in [5.41, 5.74) is 6.59. The normalized spacial score (nSPS) is 10.8. The third kappa shape index (κ3) is 0.777. The van der Waals surface area contributed by atoms with Gasteiger partial charge in [0, 0.05) is 7.05 Å². The molecule has 4 heteroatoms. The van der Waals surface area contributed by atoms with E-state index in [2.05, 4.69) is 4.98 Å². The lowest BCUT2D eigenvalue weighted by Crippen LogP contribution is -1.91. The second-order valence-electron chi connectivity index (χ2n) is 2.69. The lowest BCUT2D eigenvalue weighted by atomic mass is 10.2. The summed E-state index contributed by atoms with van der Waals surface area (Å²) < 4.78 is 15.0. The van der Waals surface area contributed by atoms with Gasteiger partial charge in [-0.3, -0.25) is 0 Å². The maximum atomic E-state index is 13.2. The van der Waals surface area contributed by atoms with E-state index in [1.54, 1.807) is 23.0 Å². The van der Waals surface area contributed by atoms with Crippen LogP contribution >= 0.6 is 0 Å². The maximum Gasteiger partial charge on any atom is 0.173 e. The molecular weight excluding hydrogens is 157 g/mol. The van der Waals surface area contributed by atoms with Gasteiger partial charge in [-0.1, -0.05) is 0 Å². The van der Waals surface area contributed by atoms with Crippen molar-refractivity contribution in [1.82, 2.24) is 9.55 Å². The largest absolute Gasteiger partial charge is 0.396 e. The highest BCUT2D eigenvalue weighted by Gasteiger charge is 2.07. The smallest absolute Gasteiger partial charge is 0.173 e. The fraction of sp³-hybridized carbons (Fsp3) is 0.125. The number of aromatic nitrogens is 2. The number of rotatable bonds is 0. The van der Waals surface area contributed by atoms with E-state index in [1.807, 2.05) is 7.05 Å². The lowest BCUT2D eigenvalue weighted by molar-refractivity contribution is 0.642. The minimum atomic E-state index is -0.437. The molecule has 1 aromatic carbocycles. The van der Waals surface area contributed by atoms with Crippen molar-refractivity contribution in [2.45, 2.75) is 0 Å². The SMILES string of the molecule is Cn1cnc2c(F)c(N)ccc21. The van der Waals surface area contributed by atoms with Crippen molar-refractivity contribution < 1.29 is 4.39 Å². The molecule has 0 unspecified atom stereocenters. The molecule has 3 nitrogen and oxygen atoms in total. The zero-order chi connectivity index (χ0) is 8.72. The first-order valence-electron chi connectivity index (χ1n) is 3.55. The van der Waals surface area contributed by atoms with Crippen LogP contribution in [0, 0.1) is 5.82 Å². The number of aryl methyl sites for hydroxylation is 1. The third-order valence-electron chi connectivity index (χ3n) is 1.86. The Balaban J connectivity index is 2.93. The van der Waals surface area contributed by atoms with Crippen LogP contribution in [0.3, 0.4) is 0 Å². The first-order valence-corrected chi connectivity index (χ1v) is 3.55. The monoisotopic (exact) mass is 165 g/mol. The summed E-state index contributed by atoms with van der Waals surface area (Å²) >= 11 is 0. The van der Waals surface area contributed by atoms with Crippen LogP contribution in [0.1, 0.15) is 0 Å². The van der Waals surface area contributed by atoms with Gasteiger partial charge in [-0.2, -0.15) is 0 Å². The molecule has 0 amide bonds. The van der Waals surface area contributed by atoms with E-state index in [-0.39, 0.29) is 5.69 Å². The Morgan fingerprint density at radius 2 is 2.25 bits per heavy atom. The number of nitrogens with two attached hydrogens (primary N) is 1. The fourth-order valence-electron chi connectivity index (χ4n) is 1.18. The summed E-state index contributed by atoms with van der Waals surface area (Å²) in [5, 5.41) is 0. The summed E-state index contributed by atoms with van der Waals surface area (Å²) in [5.74, 6) is -0.437. The number of halogens is 1. The molecule has 0 spiro atoms. The lowest BCUT2D eigenvalue weighted by Gasteiger charge is -1.97. The van der Waals surface area contributed by atoms with Gasteiger partial charge >= 0.3 is 0 Å². The second-order valence-corrected chi connectivity index (χ2v) is 2.69. The molecule has 62 valence electrons. The van der Waals surface area contributed by atoms with Gasteiger partial charge < -0.3 is 10.3 Å². The molecule has 0 saturated carbocycles. The molecular formula is C8H8FN3. The number of hydrogen-bond donors (Lipinski definition) is 1. The minimum absolute atomic E-state index is 0.140. The van der Waals surface area contributed by atoms with E-state index in [4.69, 9.17) is 5.73 Å². The van der Waals surface area contributed by atoms with E-state index in [0.29, 0.717) is 5.52 Å². The van der Waals surface area contributed by atoms with Crippen LogP contribution in [0.2, 0.25) is 0 Å². The van der Waals surface area contributed by atoms with Crippen molar-refractivity contribution in [3.63, 3.8) is 0 Å². The van der Waals surface area contributed by atoms with Gasteiger partial charge in [-0.25, -0.2) is 9.37 Å². The van der Waals surface area contributed by atoms with Crippen molar-refractivity contribution in [2.24, 2.45) is 7.05 Å². The van der Waals surface area contributed by atoms with E-state index < -0.39 is 5.82 Å². The number of benzene rings is 1. The summed E-state index contributed by atoms with van der Waals surface area (Å²) in [6.07, 6.45) is 1.56. The van der Waals surface area contributed by atoms with Gasteiger partial charge in [0.2, 0.25) is 0 Å².